The van der Waals surface area contributed by atoms with E-state index in [2.05, 4.69) is 14.7 Å². The number of aliphatic hydroxyl groups excluding tert-OH is 2. The largest absolute Gasteiger partial charge is 0.478 e. The van der Waals surface area contributed by atoms with E-state index in [4.69, 9.17) is 10.5 Å². The average molecular weight is 257 g/mol. The van der Waals surface area contributed by atoms with Gasteiger partial charge in [-0.05, 0) is 6.92 Å². The number of nitrogens with zero attached hydrogens (tertiary/aromatic N) is 2. The van der Waals surface area contributed by atoms with Gasteiger partial charge in [-0.15, -0.1) is 0 Å². The second-order valence-electron chi connectivity index (χ2n) is 3.33. The second kappa shape index (κ2) is 6.12. The summed E-state index contributed by atoms with van der Waals surface area (Å²) in [7, 11) is 1.33. The van der Waals surface area contributed by atoms with Gasteiger partial charge in [-0.3, -0.25) is 0 Å². The number of esters is 1. The topological polar surface area (TPSA) is 128 Å². The van der Waals surface area contributed by atoms with Crippen LogP contribution in [-0.2, 0) is 9.53 Å². The van der Waals surface area contributed by atoms with E-state index in [0.717, 1.165) is 6.20 Å². The molecule has 8 nitrogen and oxygen atoms in total. The van der Waals surface area contributed by atoms with Gasteiger partial charge >= 0.3 is 5.97 Å². The van der Waals surface area contributed by atoms with Crippen molar-refractivity contribution in [3.05, 3.63) is 11.9 Å². The molecule has 0 fully saturated rings. The molecule has 0 aliphatic carbocycles. The van der Waals surface area contributed by atoms with Crippen molar-refractivity contribution in [2.24, 2.45) is 0 Å². The van der Waals surface area contributed by atoms with Crippen LogP contribution < -0.4 is 10.5 Å². The first-order chi connectivity index (χ1) is 8.51. The SMILES string of the molecule is CCOC(=O)C(O)C(O)c1cnc(N)c(OC)n1. The van der Waals surface area contributed by atoms with Gasteiger partial charge in [0.2, 0.25) is 0 Å². The Morgan fingerprint density at radius 2 is 2.22 bits per heavy atom. The van der Waals surface area contributed by atoms with Crippen molar-refractivity contribution >= 4 is 11.8 Å². The highest BCUT2D eigenvalue weighted by molar-refractivity contribution is 5.75. The van der Waals surface area contributed by atoms with Crippen LogP contribution in [0.15, 0.2) is 6.20 Å². The molecule has 0 spiro atoms. The van der Waals surface area contributed by atoms with E-state index in [0.29, 0.717) is 0 Å². The number of rotatable bonds is 5. The predicted molar refractivity (Wildman–Crippen MR) is 60.6 cm³/mol. The molecule has 0 saturated heterocycles. The Balaban J connectivity index is 2.89. The Morgan fingerprint density at radius 3 is 2.78 bits per heavy atom. The molecular weight excluding hydrogens is 242 g/mol. The van der Waals surface area contributed by atoms with Crippen molar-refractivity contribution in [3.8, 4) is 5.88 Å². The Kier molecular flexibility index (Phi) is 4.81. The van der Waals surface area contributed by atoms with E-state index in [1.807, 2.05) is 0 Å². The minimum Gasteiger partial charge on any atom is -0.478 e. The quantitative estimate of drug-likeness (QED) is 0.574. The first-order valence-corrected chi connectivity index (χ1v) is 5.20. The highest BCUT2D eigenvalue weighted by Crippen LogP contribution is 2.21. The van der Waals surface area contributed by atoms with Gasteiger partial charge in [0, 0.05) is 0 Å². The molecule has 1 rings (SSSR count). The third kappa shape index (κ3) is 3.05. The first-order valence-electron chi connectivity index (χ1n) is 5.20. The molecule has 0 aliphatic rings. The number of carbonyl (C=O) groups is 1. The summed E-state index contributed by atoms with van der Waals surface area (Å²) in [6.45, 7) is 1.68. The van der Waals surface area contributed by atoms with E-state index in [-0.39, 0.29) is 24.0 Å². The zero-order chi connectivity index (χ0) is 13.7. The van der Waals surface area contributed by atoms with Crippen molar-refractivity contribution in [2.75, 3.05) is 19.5 Å². The number of nitrogens with two attached hydrogens (primary N) is 1. The van der Waals surface area contributed by atoms with Gasteiger partial charge in [-0.2, -0.15) is 0 Å². The number of aliphatic hydroxyl groups is 2. The fourth-order valence-electron chi connectivity index (χ4n) is 1.21. The maximum Gasteiger partial charge on any atom is 0.338 e. The molecule has 0 bridgehead atoms. The van der Waals surface area contributed by atoms with Crippen molar-refractivity contribution in [3.63, 3.8) is 0 Å². The summed E-state index contributed by atoms with van der Waals surface area (Å²) in [6.07, 6.45) is -2.16. The average Bonchev–Trinajstić information content (AvgIpc) is 2.38. The van der Waals surface area contributed by atoms with Gasteiger partial charge in [-0.1, -0.05) is 0 Å². The van der Waals surface area contributed by atoms with E-state index in [9.17, 15) is 15.0 Å². The lowest BCUT2D eigenvalue weighted by molar-refractivity contribution is -0.159. The molecule has 0 aromatic carbocycles. The zero-order valence-electron chi connectivity index (χ0n) is 10.0. The molecule has 1 heterocycles. The minimum atomic E-state index is -1.74. The van der Waals surface area contributed by atoms with E-state index in [1.165, 1.54) is 7.11 Å². The Morgan fingerprint density at radius 1 is 1.56 bits per heavy atom. The molecular formula is C10H15N3O5. The summed E-state index contributed by atoms with van der Waals surface area (Å²) < 4.78 is 9.39. The fourth-order valence-corrected chi connectivity index (χ4v) is 1.21. The third-order valence-corrected chi connectivity index (χ3v) is 2.11. The van der Waals surface area contributed by atoms with Crippen LogP contribution in [0, 0.1) is 0 Å². The summed E-state index contributed by atoms with van der Waals surface area (Å²) in [5.74, 6) is -0.899. The molecule has 1 aromatic heterocycles. The maximum absolute atomic E-state index is 11.2. The summed E-state index contributed by atoms with van der Waals surface area (Å²) in [5.41, 5.74) is 5.41. The number of aromatic nitrogens is 2. The zero-order valence-corrected chi connectivity index (χ0v) is 10.0. The molecule has 0 amide bonds. The van der Waals surface area contributed by atoms with Crippen molar-refractivity contribution in [1.29, 1.82) is 0 Å². The van der Waals surface area contributed by atoms with Crippen LogP contribution in [0.5, 0.6) is 5.88 Å². The number of hydrogen-bond donors (Lipinski definition) is 3. The highest BCUT2D eigenvalue weighted by Gasteiger charge is 2.28. The molecule has 4 N–H and O–H groups in total. The van der Waals surface area contributed by atoms with Crippen LogP contribution in [0.3, 0.4) is 0 Å². The third-order valence-electron chi connectivity index (χ3n) is 2.11. The Hall–Kier alpha value is -1.93. The number of nitrogen functional groups attached to an aromatic ring is 1. The smallest absolute Gasteiger partial charge is 0.338 e. The molecule has 0 saturated carbocycles. The second-order valence-corrected chi connectivity index (χ2v) is 3.33. The van der Waals surface area contributed by atoms with Gasteiger partial charge in [0.05, 0.1) is 25.6 Å². The van der Waals surface area contributed by atoms with Crippen molar-refractivity contribution in [2.45, 2.75) is 19.1 Å². The van der Waals surface area contributed by atoms with Gasteiger partial charge < -0.3 is 25.4 Å². The van der Waals surface area contributed by atoms with Gasteiger partial charge in [0.25, 0.3) is 5.88 Å². The van der Waals surface area contributed by atoms with E-state index >= 15 is 0 Å². The summed E-state index contributed by atoms with van der Waals surface area (Å²) in [4.78, 5) is 18.8. The van der Waals surface area contributed by atoms with Gasteiger partial charge in [0.15, 0.2) is 11.9 Å². The molecule has 2 atom stereocenters. The normalized spacial score (nSPS) is 13.8. The lowest BCUT2D eigenvalue weighted by Crippen LogP contribution is -2.30. The standard InChI is InChI=1S/C10H15N3O5/c1-3-18-10(16)7(15)6(14)5-4-12-8(11)9(13-5)17-2/h4,6-7,14-15H,3H2,1-2H3,(H2,11,12). The van der Waals surface area contributed by atoms with Crippen LogP contribution >= 0.6 is 0 Å². The molecule has 0 radical (unpaired) electrons. The summed E-state index contributed by atoms with van der Waals surface area (Å²) >= 11 is 0. The van der Waals surface area contributed by atoms with Crippen LogP contribution in [0.4, 0.5) is 5.82 Å². The number of ether oxygens (including phenoxy) is 2. The maximum atomic E-state index is 11.2. The van der Waals surface area contributed by atoms with E-state index in [1.54, 1.807) is 6.92 Å². The van der Waals surface area contributed by atoms with Crippen LogP contribution in [0.25, 0.3) is 0 Å². The molecule has 18 heavy (non-hydrogen) atoms. The number of anilines is 1. The molecule has 8 heteroatoms. The predicted octanol–water partition coefficient (Wildman–Crippen LogP) is -0.975. The number of methoxy groups -OCH3 is 1. The number of hydrogen-bond acceptors (Lipinski definition) is 8. The lowest BCUT2D eigenvalue weighted by atomic mass is 10.1. The lowest BCUT2D eigenvalue weighted by Gasteiger charge is -2.16. The Bertz CT molecular complexity index is 426. The molecule has 1 aromatic rings. The fraction of sp³-hybridized carbons (Fsp3) is 0.500. The van der Waals surface area contributed by atoms with Gasteiger partial charge in [0.1, 0.15) is 6.10 Å². The number of carbonyl (C=O) groups excluding carboxylic acids is 1. The van der Waals surface area contributed by atoms with Gasteiger partial charge in [-0.25, -0.2) is 14.8 Å². The van der Waals surface area contributed by atoms with Crippen LogP contribution in [0.1, 0.15) is 18.7 Å². The van der Waals surface area contributed by atoms with Crippen LogP contribution in [0.2, 0.25) is 0 Å². The van der Waals surface area contributed by atoms with Crippen molar-refractivity contribution < 1.29 is 24.5 Å². The Labute approximate surface area is 103 Å². The molecule has 0 aliphatic heterocycles. The van der Waals surface area contributed by atoms with Crippen LogP contribution in [-0.4, -0.2) is 46.0 Å². The minimum absolute atomic E-state index is 0.00242. The first kappa shape index (κ1) is 14.1. The van der Waals surface area contributed by atoms with Crippen molar-refractivity contribution in [1.82, 2.24) is 9.97 Å². The highest BCUT2D eigenvalue weighted by atomic mass is 16.5. The summed E-state index contributed by atoms with van der Waals surface area (Å²) in [5, 5.41) is 19.3. The van der Waals surface area contributed by atoms with E-state index < -0.39 is 18.2 Å². The molecule has 100 valence electrons. The monoisotopic (exact) mass is 257 g/mol. The summed E-state index contributed by atoms with van der Waals surface area (Å²) in [6, 6.07) is 0. The molecule has 2 unspecified atom stereocenters.